The van der Waals surface area contributed by atoms with Crippen molar-refractivity contribution in [2.24, 2.45) is 0 Å². The number of rotatable bonds is 8. The van der Waals surface area contributed by atoms with Gasteiger partial charge in [-0.3, -0.25) is 4.79 Å². The van der Waals surface area contributed by atoms with Crippen molar-refractivity contribution in [3.05, 3.63) is 59.4 Å². The summed E-state index contributed by atoms with van der Waals surface area (Å²) in [5, 5.41) is 10.5. The Balaban J connectivity index is 1.08. The van der Waals surface area contributed by atoms with E-state index < -0.39 is 5.79 Å². The van der Waals surface area contributed by atoms with E-state index in [1.807, 2.05) is 34.6 Å². The van der Waals surface area contributed by atoms with Gasteiger partial charge >= 0.3 is 0 Å². The third kappa shape index (κ3) is 5.50. The molecule has 4 heterocycles. The Morgan fingerprint density at radius 3 is 2.67 bits per heavy atom. The molecule has 8 nitrogen and oxygen atoms in total. The maximum absolute atomic E-state index is 14.5. The van der Waals surface area contributed by atoms with E-state index in [4.69, 9.17) is 14.5 Å². The first kappa shape index (κ1) is 26.2. The summed E-state index contributed by atoms with van der Waals surface area (Å²) >= 11 is 1.54. The first-order chi connectivity index (χ1) is 19.0. The Labute approximate surface area is 230 Å². The smallest absolute Gasteiger partial charge is 0.222 e. The van der Waals surface area contributed by atoms with Gasteiger partial charge in [0.2, 0.25) is 11.1 Å². The van der Waals surface area contributed by atoms with Gasteiger partial charge in [0.25, 0.3) is 0 Å². The predicted octanol–water partition coefficient (Wildman–Crippen LogP) is 5.10. The van der Waals surface area contributed by atoms with E-state index in [0.29, 0.717) is 55.6 Å². The quantitative estimate of drug-likeness (QED) is 0.223. The molecule has 0 bridgehead atoms. The number of amides is 1. The number of benzene rings is 2. The van der Waals surface area contributed by atoms with Crippen molar-refractivity contribution < 1.29 is 18.7 Å². The minimum atomic E-state index is -0.456. The fourth-order valence-corrected chi connectivity index (χ4v) is 6.24. The molecule has 1 spiro atoms. The monoisotopic (exact) mass is 549 g/mol. The van der Waals surface area contributed by atoms with Crippen LogP contribution in [0.2, 0.25) is 0 Å². The number of thioether (sulfide) groups is 1. The van der Waals surface area contributed by atoms with Crippen LogP contribution in [0.1, 0.15) is 43.2 Å². The molecule has 2 fully saturated rings. The Bertz CT molecular complexity index is 1490. The Morgan fingerprint density at radius 2 is 1.87 bits per heavy atom. The largest absolute Gasteiger partial charge is 0.347 e. The molecule has 4 aromatic rings. The summed E-state index contributed by atoms with van der Waals surface area (Å²) in [7, 11) is 0. The molecule has 10 heteroatoms. The molecule has 0 N–H and O–H groups in total. The lowest BCUT2D eigenvalue weighted by Crippen LogP contribution is -2.47. The van der Waals surface area contributed by atoms with Crippen LogP contribution >= 0.6 is 11.8 Å². The van der Waals surface area contributed by atoms with E-state index >= 15 is 0 Å². The Morgan fingerprint density at radius 1 is 1.08 bits per heavy atom. The van der Waals surface area contributed by atoms with Crippen LogP contribution in [0.5, 0.6) is 0 Å². The standard InChI is InChI=1S/C29H32FN5O3S/c1-20-9-10-24-22(18-20)26-27(35(24)19-21-6-2-3-7-23(21)30)31-28(33-32-26)39-17-5-4-8-25(36)34-13-11-29(12-14-34)37-15-16-38-29/h2-3,6-7,9-10,18H,4-5,8,11-17,19H2,1H3. The van der Waals surface area contributed by atoms with Gasteiger partial charge < -0.3 is 18.9 Å². The molecule has 0 saturated carbocycles. The van der Waals surface area contributed by atoms with Crippen LogP contribution < -0.4 is 0 Å². The van der Waals surface area contributed by atoms with Crippen molar-refractivity contribution in [3.8, 4) is 0 Å². The molecule has 2 aromatic heterocycles. The maximum Gasteiger partial charge on any atom is 0.222 e. The molecule has 0 atom stereocenters. The second-order valence-electron chi connectivity index (χ2n) is 10.3. The third-order valence-corrected chi connectivity index (χ3v) is 8.52. The zero-order chi connectivity index (χ0) is 26.8. The summed E-state index contributed by atoms with van der Waals surface area (Å²) in [6.45, 7) is 5.06. The first-order valence-corrected chi connectivity index (χ1v) is 14.6. The van der Waals surface area contributed by atoms with E-state index in [0.717, 1.165) is 53.4 Å². The fraction of sp³-hybridized carbons (Fsp3) is 0.448. The van der Waals surface area contributed by atoms with Crippen molar-refractivity contribution in [2.45, 2.75) is 56.5 Å². The molecule has 2 aliphatic rings. The summed E-state index contributed by atoms with van der Waals surface area (Å²) in [5.74, 6) is 0.287. The number of carbonyl (C=O) groups excluding carboxylic acids is 1. The third-order valence-electron chi connectivity index (χ3n) is 7.60. The van der Waals surface area contributed by atoms with E-state index in [-0.39, 0.29) is 11.7 Å². The van der Waals surface area contributed by atoms with Gasteiger partial charge in [0.15, 0.2) is 11.4 Å². The minimum absolute atomic E-state index is 0.195. The SMILES string of the molecule is Cc1ccc2c(c1)c1nnc(SCCCCC(=O)N3CCC4(CC3)OCCO4)nc1n2Cc1ccccc1F. The number of unbranched alkanes of at least 4 members (excludes halogenated alkanes) is 1. The molecule has 204 valence electrons. The molecule has 39 heavy (non-hydrogen) atoms. The maximum atomic E-state index is 14.5. The van der Waals surface area contributed by atoms with Crippen molar-refractivity contribution in [1.82, 2.24) is 24.6 Å². The van der Waals surface area contributed by atoms with Crippen LogP contribution in [-0.2, 0) is 20.8 Å². The minimum Gasteiger partial charge on any atom is -0.347 e. The zero-order valence-corrected chi connectivity index (χ0v) is 22.9. The van der Waals surface area contributed by atoms with Gasteiger partial charge in [0, 0.05) is 49.1 Å². The highest BCUT2D eigenvalue weighted by atomic mass is 32.2. The van der Waals surface area contributed by atoms with Crippen LogP contribution in [0, 0.1) is 12.7 Å². The molecule has 2 aliphatic heterocycles. The van der Waals surface area contributed by atoms with Gasteiger partial charge in [0.1, 0.15) is 11.3 Å². The summed E-state index contributed by atoms with van der Waals surface area (Å²) in [6, 6.07) is 13.0. The van der Waals surface area contributed by atoms with Crippen LogP contribution in [0.15, 0.2) is 47.6 Å². The van der Waals surface area contributed by atoms with E-state index in [1.165, 1.54) is 17.8 Å². The van der Waals surface area contributed by atoms with Crippen LogP contribution in [0.3, 0.4) is 0 Å². The van der Waals surface area contributed by atoms with Gasteiger partial charge in [-0.05, 0) is 38.0 Å². The number of hydrogen-bond donors (Lipinski definition) is 0. The Hall–Kier alpha value is -3.08. The summed E-state index contributed by atoms with van der Waals surface area (Å²) in [4.78, 5) is 19.4. The van der Waals surface area contributed by atoms with Crippen LogP contribution in [0.25, 0.3) is 22.1 Å². The van der Waals surface area contributed by atoms with E-state index in [1.54, 1.807) is 12.1 Å². The summed E-state index contributed by atoms with van der Waals surface area (Å²) < 4.78 is 28.0. The first-order valence-electron chi connectivity index (χ1n) is 13.6. The van der Waals surface area contributed by atoms with Crippen molar-refractivity contribution in [1.29, 1.82) is 0 Å². The summed E-state index contributed by atoms with van der Waals surface area (Å²) in [6.07, 6.45) is 3.70. The lowest BCUT2D eigenvalue weighted by atomic mass is 10.0. The number of piperidine rings is 1. The van der Waals surface area contributed by atoms with Gasteiger partial charge in [-0.1, -0.05) is 41.6 Å². The second kappa shape index (κ2) is 11.2. The van der Waals surface area contributed by atoms with E-state index in [9.17, 15) is 9.18 Å². The fourth-order valence-electron chi connectivity index (χ4n) is 5.46. The van der Waals surface area contributed by atoms with Gasteiger partial charge in [-0.15, -0.1) is 10.2 Å². The van der Waals surface area contributed by atoms with Crippen LogP contribution in [0.4, 0.5) is 4.39 Å². The highest BCUT2D eigenvalue weighted by molar-refractivity contribution is 7.99. The number of fused-ring (bicyclic) bond motifs is 3. The lowest BCUT2D eigenvalue weighted by molar-refractivity contribution is -0.187. The molecule has 2 aromatic carbocycles. The van der Waals surface area contributed by atoms with Gasteiger partial charge in [0.05, 0.1) is 25.3 Å². The molecule has 0 aliphatic carbocycles. The number of hydrogen-bond acceptors (Lipinski definition) is 7. The molecular weight excluding hydrogens is 517 g/mol. The van der Waals surface area contributed by atoms with Gasteiger partial charge in [-0.25, -0.2) is 9.37 Å². The van der Waals surface area contributed by atoms with E-state index in [2.05, 4.69) is 16.3 Å². The second-order valence-corrected chi connectivity index (χ2v) is 11.3. The van der Waals surface area contributed by atoms with Crippen molar-refractivity contribution in [3.63, 3.8) is 0 Å². The Kier molecular flexibility index (Phi) is 7.51. The molecule has 1 amide bonds. The molecule has 2 saturated heterocycles. The number of ether oxygens (including phenoxy) is 2. The van der Waals surface area contributed by atoms with Gasteiger partial charge in [-0.2, -0.15) is 0 Å². The number of halogens is 1. The topological polar surface area (TPSA) is 82.4 Å². The predicted molar refractivity (Wildman–Crippen MR) is 148 cm³/mol. The zero-order valence-electron chi connectivity index (χ0n) is 22.1. The molecular formula is C29H32FN5O3S. The number of likely N-dealkylation sites (tertiary alicyclic amines) is 1. The average Bonchev–Trinajstić information content (AvgIpc) is 3.52. The highest BCUT2D eigenvalue weighted by Gasteiger charge is 2.40. The normalized spacial score (nSPS) is 17.0. The molecule has 0 radical (unpaired) electrons. The van der Waals surface area contributed by atoms with Crippen molar-refractivity contribution >= 4 is 39.7 Å². The lowest BCUT2D eigenvalue weighted by Gasteiger charge is -2.37. The number of aromatic nitrogens is 4. The average molecular weight is 550 g/mol. The highest BCUT2D eigenvalue weighted by Crippen LogP contribution is 2.32. The summed E-state index contributed by atoms with van der Waals surface area (Å²) in [5.41, 5.74) is 4.09. The van der Waals surface area contributed by atoms with Crippen LogP contribution in [-0.4, -0.2) is 68.4 Å². The van der Waals surface area contributed by atoms with Crippen molar-refractivity contribution in [2.75, 3.05) is 32.1 Å². The molecule has 0 unspecified atom stereocenters. The molecule has 6 rings (SSSR count). The number of aryl methyl sites for hydroxylation is 1. The number of nitrogens with zero attached hydrogens (tertiary/aromatic N) is 5. The number of carbonyl (C=O) groups is 1.